The van der Waals surface area contributed by atoms with Crippen molar-refractivity contribution in [3.8, 4) is 0 Å². The normalized spacial score (nSPS) is 17.8. The van der Waals surface area contributed by atoms with E-state index in [2.05, 4.69) is 15.2 Å². The number of carbonyl (C=O) groups excluding carboxylic acids is 4. The van der Waals surface area contributed by atoms with Crippen LogP contribution in [0.4, 0.5) is 5.69 Å². The molecule has 8 nitrogen and oxygen atoms in total. The average molecular weight is 480 g/mol. The maximum Gasteiger partial charge on any atom is 0.338 e. The van der Waals surface area contributed by atoms with E-state index in [0.29, 0.717) is 11.3 Å². The van der Waals surface area contributed by atoms with Crippen LogP contribution in [0.3, 0.4) is 0 Å². The molecule has 4 rings (SSSR count). The van der Waals surface area contributed by atoms with E-state index in [1.807, 2.05) is 0 Å². The predicted molar refractivity (Wildman–Crippen MR) is 130 cm³/mol. The highest BCUT2D eigenvalue weighted by Gasteiger charge is 2.33. The zero-order chi connectivity index (χ0) is 23.9. The molecular formula is C25H25N3O5S. The number of hydrogen-bond donors (Lipinski definition) is 1. The van der Waals surface area contributed by atoms with Gasteiger partial charge in [-0.3, -0.25) is 14.4 Å². The van der Waals surface area contributed by atoms with Gasteiger partial charge < -0.3 is 15.0 Å². The van der Waals surface area contributed by atoms with Crippen molar-refractivity contribution < 1.29 is 23.9 Å². The Balaban J connectivity index is 1.24. The van der Waals surface area contributed by atoms with E-state index in [1.165, 1.54) is 30.3 Å². The number of amides is 2. The Morgan fingerprint density at radius 2 is 1.68 bits per heavy atom. The first-order chi connectivity index (χ1) is 16.5. The van der Waals surface area contributed by atoms with Gasteiger partial charge in [-0.2, -0.15) is 4.99 Å². The minimum atomic E-state index is -0.627. The first kappa shape index (κ1) is 23.7. The number of esters is 1. The fourth-order valence-corrected chi connectivity index (χ4v) is 4.84. The number of rotatable bonds is 7. The fourth-order valence-electron chi connectivity index (χ4n) is 3.72. The van der Waals surface area contributed by atoms with Gasteiger partial charge in [0.15, 0.2) is 17.6 Å². The van der Waals surface area contributed by atoms with Crippen LogP contribution in [-0.2, 0) is 14.3 Å². The summed E-state index contributed by atoms with van der Waals surface area (Å²) < 4.78 is 5.09. The van der Waals surface area contributed by atoms with Gasteiger partial charge in [-0.15, -0.1) is 0 Å². The predicted octanol–water partition coefficient (Wildman–Crippen LogP) is 3.54. The summed E-state index contributed by atoms with van der Waals surface area (Å²) in [5.74, 6) is -1.49. The molecule has 1 fully saturated rings. The lowest BCUT2D eigenvalue weighted by Crippen LogP contribution is -2.33. The Morgan fingerprint density at radius 3 is 2.38 bits per heavy atom. The summed E-state index contributed by atoms with van der Waals surface area (Å²) in [6.45, 7) is 1.44. The van der Waals surface area contributed by atoms with Gasteiger partial charge in [-0.25, -0.2) is 4.79 Å². The van der Waals surface area contributed by atoms with Crippen LogP contribution in [0.15, 0.2) is 59.6 Å². The topological polar surface area (TPSA) is 105 Å². The summed E-state index contributed by atoms with van der Waals surface area (Å²) in [4.78, 5) is 55.3. The third-order valence-electron chi connectivity index (χ3n) is 5.56. The van der Waals surface area contributed by atoms with Gasteiger partial charge in [0, 0.05) is 30.8 Å². The fraction of sp³-hybridized carbons (Fsp3) is 0.320. The van der Waals surface area contributed by atoms with Gasteiger partial charge in [0.1, 0.15) is 5.25 Å². The molecule has 0 radical (unpaired) electrons. The lowest BCUT2D eigenvalue weighted by Gasteiger charge is -2.27. The number of nitrogens with zero attached hydrogens (tertiary/aromatic N) is 2. The largest absolute Gasteiger partial charge is 0.454 e. The van der Waals surface area contributed by atoms with Crippen LogP contribution in [-0.4, -0.2) is 58.6 Å². The highest BCUT2D eigenvalue weighted by Crippen LogP contribution is 2.29. The van der Waals surface area contributed by atoms with E-state index < -0.39 is 11.2 Å². The van der Waals surface area contributed by atoms with Gasteiger partial charge in [0.05, 0.1) is 5.56 Å². The third kappa shape index (κ3) is 6.11. The maximum atomic E-state index is 12.5. The average Bonchev–Trinajstić information content (AvgIpc) is 3.23. The first-order valence-electron chi connectivity index (χ1n) is 11.2. The van der Waals surface area contributed by atoms with E-state index in [4.69, 9.17) is 4.74 Å². The number of piperidine rings is 1. The number of likely N-dealkylation sites (tertiary alicyclic amines) is 1. The molecule has 0 bridgehead atoms. The number of aliphatic imine (C=N–C) groups is 1. The molecule has 2 aliphatic heterocycles. The van der Waals surface area contributed by atoms with Gasteiger partial charge in [0.2, 0.25) is 5.91 Å². The van der Waals surface area contributed by atoms with Crippen LogP contribution in [0, 0.1) is 0 Å². The zero-order valence-electron chi connectivity index (χ0n) is 18.6. The number of ether oxygens (including phenoxy) is 1. The second-order valence-corrected chi connectivity index (χ2v) is 9.25. The molecule has 176 valence electrons. The summed E-state index contributed by atoms with van der Waals surface area (Å²) in [7, 11) is 0. The van der Waals surface area contributed by atoms with Crippen LogP contribution >= 0.6 is 11.8 Å². The Hall–Kier alpha value is -3.46. The zero-order valence-corrected chi connectivity index (χ0v) is 19.4. The molecule has 0 saturated carbocycles. The summed E-state index contributed by atoms with van der Waals surface area (Å²) in [5, 5.41) is 2.94. The van der Waals surface area contributed by atoms with E-state index >= 15 is 0 Å². The van der Waals surface area contributed by atoms with Crippen molar-refractivity contribution in [3.63, 3.8) is 0 Å². The van der Waals surface area contributed by atoms with Crippen LogP contribution in [0.2, 0.25) is 0 Å². The van der Waals surface area contributed by atoms with Crippen molar-refractivity contribution in [2.24, 2.45) is 4.99 Å². The molecule has 1 unspecified atom stereocenters. The van der Waals surface area contributed by atoms with Crippen molar-refractivity contribution in [2.75, 3.05) is 25.0 Å². The molecule has 1 N–H and O–H groups in total. The van der Waals surface area contributed by atoms with Crippen molar-refractivity contribution >= 4 is 46.2 Å². The highest BCUT2D eigenvalue weighted by atomic mass is 32.2. The lowest BCUT2D eigenvalue weighted by molar-refractivity contribution is -0.121. The Kier molecular flexibility index (Phi) is 7.74. The standard InChI is InChI=1S/C25H25N3O5S/c29-20(17-7-3-1-4-8-17)16-33-24(32)18-9-11-19(12-10-18)26-22(30)15-21-23(31)27-25(34-21)28-13-5-2-6-14-28/h1,3-4,7-12,21H,2,5-6,13-16H2,(H,26,30). The summed E-state index contributed by atoms with van der Waals surface area (Å²) >= 11 is 1.35. The second kappa shape index (κ2) is 11.1. The van der Waals surface area contributed by atoms with Crippen LogP contribution < -0.4 is 5.32 Å². The highest BCUT2D eigenvalue weighted by molar-refractivity contribution is 8.15. The number of Topliss-reactive ketones (excluding diaryl/α,β-unsaturated/α-hetero) is 1. The molecule has 2 aliphatic rings. The molecule has 34 heavy (non-hydrogen) atoms. The number of nitrogens with one attached hydrogen (secondary N) is 1. The lowest BCUT2D eigenvalue weighted by atomic mass is 10.1. The molecule has 2 amide bonds. The number of hydrogen-bond acceptors (Lipinski definition) is 7. The maximum absolute atomic E-state index is 12.5. The molecule has 1 saturated heterocycles. The smallest absolute Gasteiger partial charge is 0.338 e. The van der Waals surface area contributed by atoms with Crippen molar-refractivity contribution in [1.29, 1.82) is 0 Å². The van der Waals surface area contributed by atoms with E-state index in [9.17, 15) is 19.2 Å². The second-order valence-electron chi connectivity index (χ2n) is 8.08. The molecule has 1 atom stereocenters. The van der Waals surface area contributed by atoms with Gasteiger partial charge >= 0.3 is 5.97 Å². The number of ketones is 1. The number of carbonyl (C=O) groups is 4. The molecule has 2 aromatic carbocycles. The number of amidine groups is 1. The molecule has 2 heterocycles. The Bertz CT molecular complexity index is 1100. The van der Waals surface area contributed by atoms with Crippen LogP contribution in [0.25, 0.3) is 0 Å². The third-order valence-corrected chi connectivity index (χ3v) is 6.77. The molecular weight excluding hydrogens is 454 g/mol. The Labute approximate surface area is 201 Å². The first-order valence-corrected chi connectivity index (χ1v) is 12.1. The summed E-state index contributed by atoms with van der Waals surface area (Å²) in [6.07, 6.45) is 3.39. The minimum absolute atomic E-state index is 0.0235. The molecule has 9 heteroatoms. The molecule has 0 aliphatic carbocycles. The van der Waals surface area contributed by atoms with Crippen molar-refractivity contribution in [3.05, 3.63) is 65.7 Å². The van der Waals surface area contributed by atoms with Crippen molar-refractivity contribution in [2.45, 2.75) is 30.9 Å². The molecule has 0 aromatic heterocycles. The number of benzene rings is 2. The van der Waals surface area contributed by atoms with E-state index in [0.717, 1.165) is 31.1 Å². The SMILES string of the molecule is O=C(CC1SC(N2CCCCC2)=NC1=O)Nc1ccc(C(=O)OCC(=O)c2ccccc2)cc1. The quantitative estimate of drug-likeness (QED) is 0.478. The minimum Gasteiger partial charge on any atom is -0.454 e. The van der Waals surface area contributed by atoms with Gasteiger partial charge in [-0.05, 0) is 43.5 Å². The summed E-state index contributed by atoms with van der Waals surface area (Å²) in [6, 6.07) is 14.8. The van der Waals surface area contributed by atoms with Crippen LogP contribution in [0.5, 0.6) is 0 Å². The molecule has 2 aromatic rings. The van der Waals surface area contributed by atoms with Crippen LogP contribution in [0.1, 0.15) is 46.4 Å². The van der Waals surface area contributed by atoms with Gasteiger partial charge in [-0.1, -0.05) is 42.1 Å². The van der Waals surface area contributed by atoms with Gasteiger partial charge in [0.25, 0.3) is 5.91 Å². The molecule has 0 spiro atoms. The van der Waals surface area contributed by atoms with Crippen molar-refractivity contribution in [1.82, 2.24) is 4.90 Å². The monoisotopic (exact) mass is 479 g/mol. The summed E-state index contributed by atoms with van der Waals surface area (Å²) in [5.41, 5.74) is 1.23. The van der Waals surface area contributed by atoms with E-state index in [-0.39, 0.29) is 36.2 Å². The number of anilines is 1. The Morgan fingerprint density at radius 1 is 0.971 bits per heavy atom. The number of thioether (sulfide) groups is 1. The van der Waals surface area contributed by atoms with E-state index in [1.54, 1.807) is 42.5 Å².